The van der Waals surface area contributed by atoms with E-state index in [1.165, 1.54) is 12.1 Å². The molecule has 0 spiro atoms. The summed E-state index contributed by atoms with van der Waals surface area (Å²) in [6, 6.07) is 6.29. The molecule has 0 bridgehead atoms. The highest BCUT2D eigenvalue weighted by molar-refractivity contribution is 5.33. The van der Waals surface area contributed by atoms with Crippen LogP contribution in [-0.2, 0) is 11.3 Å². The Morgan fingerprint density at radius 2 is 2.22 bits per heavy atom. The van der Waals surface area contributed by atoms with Crippen LogP contribution in [0, 0.1) is 17.1 Å². The fourth-order valence-corrected chi connectivity index (χ4v) is 1.47. The lowest BCUT2D eigenvalue weighted by Gasteiger charge is -2.06. The first kappa shape index (κ1) is 14.6. The van der Waals surface area contributed by atoms with Crippen LogP contribution in [0.15, 0.2) is 18.2 Å². The van der Waals surface area contributed by atoms with Gasteiger partial charge in [0.05, 0.1) is 24.8 Å². The molecule has 4 nitrogen and oxygen atoms in total. The van der Waals surface area contributed by atoms with Crippen LogP contribution >= 0.6 is 0 Å². The van der Waals surface area contributed by atoms with Crippen LogP contribution in [-0.4, -0.2) is 31.5 Å². The summed E-state index contributed by atoms with van der Waals surface area (Å²) in [6.45, 7) is 2.02. The number of halogens is 1. The Hall–Kier alpha value is -1.48. The second-order valence-electron chi connectivity index (χ2n) is 3.78. The molecule has 0 aromatic heterocycles. The van der Waals surface area contributed by atoms with Gasteiger partial charge in [-0.05, 0) is 31.2 Å². The molecule has 18 heavy (non-hydrogen) atoms. The van der Waals surface area contributed by atoms with Crippen molar-refractivity contribution in [3.05, 3.63) is 35.1 Å². The fraction of sp³-hybridized carbons (Fsp3) is 0.462. The number of nitrogens with one attached hydrogen (secondary N) is 1. The Morgan fingerprint density at radius 1 is 1.39 bits per heavy atom. The highest BCUT2D eigenvalue weighted by Gasteiger charge is 2.02. The molecule has 0 atom stereocenters. The lowest BCUT2D eigenvalue weighted by atomic mass is 10.1. The summed E-state index contributed by atoms with van der Waals surface area (Å²) in [5, 5.41) is 20.3. The fourth-order valence-electron chi connectivity index (χ4n) is 1.47. The number of rotatable bonds is 8. The molecule has 0 saturated heterocycles. The zero-order valence-electron chi connectivity index (χ0n) is 10.2. The molecule has 1 aromatic carbocycles. The van der Waals surface area contributed by atoms with Gasteiger partial charge in [0.1, 0.15) is 5.82 Å². The van der Waals surface area contributed by atoms with E-state index in [9.17, 15) is 4.39 Å². The third-order valence-electron chi connectivity index (χ3n) is 2.37. The minimum atomic E-state index is -0.307. The molecule has 1 aromatic rings. The van der Waals surface area contributed by atoms with Crippen molar-refractivity contribution < 1.29 is 14.2 Å². The van der Waals surface area contributed by atoms with Crippen LogP contribution in [0.4, 0.5) is 4.39 Å². The van der Waals surface area contributed by atoms with Gasteiger partial charge < -0.3 is 15.2 Å². The number of benzene rings is 1. The summed E-state index contributed by atoms with van der Waals surface area (Å²) in [5.74, 6) is -0.307. The van der Waals surface area contributed by atoms with Gasteiger partial charge in [-0.25, -0.2) is 4.39 Å². The Balaban J connectivity index is 2.25. The topological polar surface area (TPSA) is 65.3 Å². The summed E-state index contributed by atoms with van der Waals surface area (Å²) in [4.78, 5) is 0. The van der Waals surface area contributed by atoms with Gasteiger partial charge in [-0.15, -0.1) is 0 Å². The van der Waals surface area contributed by atoms with Crippen molar-refractivity contribution in [2.75, 3.05) is 26.4 Å². The van der Waals surface area contributed by atoms with Crippen molar-refractivity contribution in [3.8, 4) is 6.07 Å². The Labute approximate surface area is 106 Å². The molecule has 0 saturated carbocycles. The van der Waals surface area contributed by atoms with Crippen LogP contribution in [0.3, 0.4) is 0 Å². The Morgan fingerprint density at radius 3 is 2.94 bits per heavy atom. The van der Waals surface area contributed by atoms with E-state index in [1.807, 2.05) is 6.07 Å². The second kappa shape index (κ2) is 8.59. The van der Waals surface area contributed by atoms with Crippen LogP contribution in [0.2, 0.25) is 0 Å². The maximum Gasteiger partial charge on any atom is 0.127 e. The molecule has 5 heteroatoms. The first-order chi connectivity index (χ1) is 8.77. The monoisotopic (exact) mass is 252 g/mol. The van der Waals surface area contributed by atoms with E-state index in [-0.39, 0.29) is 12.4 Å². The van der Waals surface area contributed by atoms with Crippen molar-refractivity contribution in [1.29, 1.82) is 5.26 Å². The lowest BCUT2D eigenvalue weighted by Crippen LogP contribution is -2.17. The normalized spacial score (nSPS) is 10.3. The standard InChI is InChI=1S/C13H17FN2O2/c14-13-3-2-11(9-15)8-12(13)10-16-4-1-6-18-7-5-17/h2-3,8,16-17H,1,4-7,10H2. The van der Waals surface area contributed by atoms with Crippen molar-refractivity contribution in [2.45, 2.75) is 13.0 Å². The third kappa shape index (κ3) is 5.23. The molecule has 0 radical (unpaired) electrons. The SMILES string of the molecule is N#Cc1ccc(F)c(CNCCCOCCO)c1. The van der Waals surface area contributed by atoms with E-state index in [0.29, 0.717) is 37.4 Å². The van der Waals surface area contributed by atoms with E-state index in [1.54, 1.807) is 6.07 Å². The predicted octanol–water partition coefficient (Wildman–Crippen LogP) is 1.19. The first-order valence-corrected chi connectivity index (χ1v) is 5.85. The van der Waals surface area contributed by atoms with E-state index in [0.717, 1.165) is 6.42 Å². The van der Waals surface area contributed by atoms with Crippen LogP contribution in [0.1, 0.15) is 17.5 Å². The predicted molar refractivity (Wildman–Crippen MR) is 65.3 cm³/mol. The molecular weight excluding hydrogens is 235 g/mol. The number of aliphatic hydroxyl groups excluding tert-OH is 1. The number of hydrogen-bond donors (Lipinski definition) is 2. The van der Waals surface area contributed by atoms with Gasteiger partial charge >= 0.3 is 0 Å². The van der Waals surface area contributed by atoms with E-state index in [4.69, 9.17) is 15.1 Å². The van der Waals surface area contributed by atoms with Gasteiger partial charge in [-0.2, -0.15) is 5.26 Å². The minimum absolute atomic E-state index is 0.0274. The van der Waals surface area contributed by atoms with Gasteiger partial charge in [-0.1, -0.05) is 0 Å². The summed E-state index contributed by atoms with van der Waals surface area (Å²) >= 11 is 0. The maximum atomic E-state index is 13.4. The number of hydrogen-bond acceptors (Lipinski definition) is 4. The molecule has 0 amide bonds. The lowest BCUT2D eigenvalue weighted by molar-refractivity contribution is 0.0907. The zero-order chi connectivity index (χ0) is 13.2. The van der Waals surface area contributed by atoms with Gasteiger partial charge in [0.15, 0.2) is 0 Å². The first-order valence-electron chi connectivity index (χ1n) is 5.85. The molecule has 0 heterocycles. The summed E-state index contributed by atoms with van der Waals surface area (Å²) in [6.07, 6.45) is 0.791. The van der Waals surface area contributed by atoms with Gasteiger partial charge in [-0.3, -0.25) is 0 Å². The molecule has 0 fully saturated rings. The molecule has 0 aliphatic rings. The number of ether oxygens (including phenoxy) is 1. The molecule has 1 rings (SSSR count). The Kier molecular flexibility index (Phi) is 6.96. The molecular formula is C13H17FN2O2. The molecule has 98 valence electrons. The van der Waals surface area contributed by atoms with Crippen molar-refractivity contribution in [2.24, 2.45) is 0 Å². The van der Waals surface area contributed by atoms with Crippen LogP contribution in [0.25, 0.3) is 0 Å². The van der Waals surface area contributed by atoms with Gasteiger partial charge in [0, 0.05) is 18.7 Å². The quantitative estimate of drug-likeness (QED) is 0.682. The average molecular weight is 252 g/mol. The van der Waals surface area contributed by atoms with E-state index < -0.39 is 0 Å². The van der Waals surface area contributed by atoms with Crippen LogP contribution < -0.4 is 5.32 Å². The highest BCUT2D eigenvalue weighted by Crippen LogP contribution is 2.09. The van der Waals surface area contributed by atoms with Crippen molar-refractivity contribution >= 4 is 0 Å². The third-order valence-corrected chi connectivity index (χ3v) is 2.37. The Bertz CT molecular complexity index is 404. The summed E-state index contributed by atoms with van der Waals surface area (Å²) in [5.41, 5.74) is 0.949. The zero-order valence-corrected chi connectivity index (χ0v) is 10.2. The van der Waals surface area contributed by atoms with Crippen molar-refractivity contribution in [3.63, 3.8) is 0 Å². The second-order valence-corrected chi connectivity index (χ2v) is 3.78. The van der Waals surface area contributed by atoms with Crippen LogP contribution in [0.5, 0.6) is 0 Å². The number of nitrogens with zero attached hydrogens (tertiary/aromatic N) is 1. The summed E-state index contributed by atoms with van der Waals surface area (Å²) in [7, 11) is 0. The van der Waals surface area contributed by atoms with E-state index >= 15 is 0 Å². The smallest absolute Gasteiger partial charge is 0.127 e. The molecule has 2 N–H and O–H groups in total. The number of nitriles is 1. The van der Waals surface area contributed by atoms with Crippen molar-refractivity contribution in [1.82, 2.24) is 5.32 Å². The molecule has 0 aliphatic carbocycles. The maximum absolute atomic E-state index is 13.4. The minimum Gasteiger partial charge on any atom is -0.394 e. The van der Waals surface area contributed by atoms with Gasteiger partial charge in [0.25, 0.3) is 0 Å². The summed E-state index contributed by atoms with van der Waals surface area (Å²) < 4.78 is 18.5. The molecule has 0 unspecified atom stereocenters. The average Bonchev–Trinajstić information content (AvgIpc) is 2.39. The molecule has 0 aliphatic heterocycles. The largest absolute Gasteiger partial charge is 0.394 e. The van der Waals surface area contributed by atoms with Gasteiger partial charge in [0.2, 0.25) is 0 Å². The highest BCUT2D eigenvalue weighted by atomic mass is 19.1. The van der Waals surface area contributed by atoms with E-state index in [2.05, 4.69) is 5.32 Å². The number of aliphatic hydroxyl groups is 1.